The van der Waals surface area contributed by atoms with Gasteiger partial charge in [0.1, 0.15) is 5.84 Å². The molecule has 0 aliphatic carbocycles. The van der Waals surface area contributed by atoms with Crippen LogP contribution in [-0.4, -0.2) is 23.5 Å². The van der Waals surface area contributed by atoms with Crippen molar-refractivity contribution in [1.82, 2.24) is 5.32 Å². The lowest BCUT2D eigenvalue weighted by Crippen LogP contribution is -2.45. The van der Waals surface area contributed by atoms with Gasteiger partial charge < -0.3 is 11.1 Å². The number of hydrogen-bond donors (Lipinski definition) is 3. The van der Waals surface area contributed by atoms with Crippen molar-refractivity contribution >= 4 is 24.4 Å². The largest absolute Gasteiger partial charge is 0.385 e. The third kappa shape index (κ3) is 4.38. The Morgan fingerprint density at radius 2 is 2.46 bits per heavy atom. The summed E-state index contributed by atoms with van der Waals surface area (Å²) in [6, 6.07) is -0.463. The minimum atomic E-state index is -0.463. The molecule has 1 unspecified atom stereocenters. The molecule has 0 heterocycles. The molecule has 0 saturated heterocycles. The average Bonchev–Trinajstić information content (AvgIpc) is 2.14. The van der Waals surface area contributed by atoms with E-state index < -0.39 is 6.04 Å². The van der Waals surface area contributed by atoms with Gasteiger partial charge in [-0.05, 0) is 0 Å². The lowest BCUT2D eigenvalue weighted by Gasteiger charge is -2.13. The molecular formula is C7H12N4OS. The van der Waals surface area contributed by atoms with Crippen molar-refractivity contribution in [3.63, 3.8) is 0 Å². The van der Waals surface area contributed by atoms with Gasteiger partial charge in [0, 0.05) is 12.2 Å². The maximum absolute atomic E-state index is 11.0. The lowest BCUT2D eigenvalue weighted by molar-refractivity contribution is -0.120. The first-order valence-corrected chi connectivity index (χ1v) is 4.41. The molecule has 0 aromatic heterocycles. The number of carbonyl (C=O) groups excluding carboxylic acids is 1. The van der Waals surface area contributed by atoms with Crippen molar-refractivity contribution in [3.8, 4) is 6.19 Å². The van der Waals surface area contributed by atoms with E-state index >= 15 is 0 Å². The van der Waals surface area contributed by atoms with Crippen molar-refractivity contribution in [3.05, 3.63) is 0 Å². The lowest BCUT2D eigenvalue weighted by atomic mass is 10.3. The number of rotatable bonds is 4. The Kier molecular flexibility index (Phi) is 5.72. The second kappa shape index (κ2) is 6.31. The van der Waals surface area contributed by atoms with Gasteiger partial charge in [0.25, 0.3) is 0 Å². The Hall–Kier alpha value is -1.22. The number of nitrogens with zero attached hydrogens (tertiary/aromatic N) is 2. The molecule has 13 heavy (non-hydrogen) atoms. The van der Waals surface area contributed by atoms with E-state index in [0.717, 1.165) is 0 Å². The summed E-state index contributed by atoms with van der Waals surface area (Å²) in [5, 5.41) is 10.8. The molecule has 0 aliphatic rings. The van der Waals surface area contributed by atoms with E-state index in [4.69, 9.17) is 11.0 Å². The quantitative estimate of drug-likeness (QED) is 0.251. The number of thiol groups is 1. The van der Waals surface area contributed by atoms with Crippen LogP contribution in [-0.2, 0) is 4.79 Å². The Labute approximate surface area is 82.4 Å². The van der Waals surface area contributed by atoms with Crippen LogP contribution >= 0.6 is 12.6 Å². The van der Waals surface area contributed by atoms with Crippen LogP contribution in [0.1, 0.15) is 13.3 Å². The van der Waals surface area contributed by atoms with Crippen molar-refractivity contribution < 1.29 is 4.79 Å². The number of amides is 1. The van der Waals surface area contributed by atoms with Crippen LogP contribution in [0.25, 0.3) is 0 Å². The molecule has 0 radical (unpaired) electrons. The normalized spacial score (nSPS) is 13.2. The van der Waals surface area contributed by atoms with Crippen molar-refractivity contribution in [2.45, 2.75) is 19.4 Å². The SMILES string of the molecule is CCC(=O)NC(CS)C(N)=NC#N. The van der Waals surface area contributed by atoms with Gasteiger partial charge in [-0.15, -0.1) is 0 Å². The molecule has 6 heteroatoms. The van der Waals surface area contributed by atoms with Crippen LogP contribution in [0, 0.1) is 11.5 Å². The summed E-state index contributed by atoms with van der Waals surface area (Å²) >= 11 is 3.98. The van der Waals surface area contributed by atoms with Gasteiger partial charge in [-0.3, -0.25) is 4.79 Å². The number of carbonyl (C=O) groups is 1. The molecule has 0 aromatic carbocycles. The van der Waals surface area contributed by atoms with E-state index in [0.29, 0.717) is 12.2 Å². The Morgan fingerprint density at radius 3 is 2.85 bits per heavy atom. The van der Waals surface area contributed by atoms with Crippen LogP contribution in [0.5, 0.6) is 0 Å². The minimum absolute atomic E-state index is 0.0827. The standard InChI is InChI=1S/C7H12N4OS/c1-2-6(12)11-5(3-13)7(9)10-4-8/h5,13H,2-3H2,1H3,(H2,9,10)(H,11,12). The zero-order chi connectivity index (χ0) is 10.3. The molecule has 0 aliphatic heterocycles. The zero-order valence-corrected chi connectivity index (χ0v) is 8.21. The van der Waals surface area contributed by atoms with E-state index in [1.807, 2.05) is 0 Å². The van der Waals surface area contributed by atoms with Crippen molar-refractivity contribution in [2.75, 3.05) is 5.75 Å². The number of nitriles is 1. The number of nitrogens with two attached hydrogens (primary N) is 1. The first kappa shape index (κ1) is 11.8. The smallest absolute Gasteiger partial charge is 0.220 e. The van der Waals surface area contributed by atoms with Crippen LogP contribution in [0.15, 0.2) is 4.99 Å². The highest BCUT2D eigenvalue weighted by atomic mass is 32.1. The summed E-state index contributed by atoms with van der Waals surface area (Å²) in [7, 11) is 0. The van der Waals surface area contributed by atoms with Gasteiger partial charge >= 0.3 is 0 Å². The van der Waals surface area contributed by atoms with Crippen molar-refractivity contribution in [1.29, 1.82) is 5.26 Å². The molecule has 1 atom stereocenters. The van der Waals surface area contributed by atoms with E-state index in [2.05, 4.69) is 22.9 Å². The first-order valence-electron chi connectivity index (χ1n) is 3.78. The first-order chi connectivity index (χ1) is 6.15. The summed E-state index contributed by atoms with van der Waals surface area (Å²) in [4.78, 5) is 14.3. The van der Waals surface area contributed by atoms with Crippen LogP contribution in [0.4, 0.5) is 0 Å². The molecule has 5 nitrogen and oxygen atoms in total. The van der Waals surface area contributed by atoms with E-state index in [9.17, 15) is 4.79 Å². The summed E-state index contributed by atoms with van der Waals surface area (Å²) in [6.45, 7) is 1.72. The van der Waals surface area contributed by atoms with E-state index in [1.165, 1.54) is 0 Å². The highest BCUT2D eigenvalue weighted by Gasteiger charge is 2.13. The number of aliphatic imine (C=N–C) groups is 1. The van der Waals surface area contributed by atoms with Gasteiger partial charge in [-0.25, -0.2) is 0 Å². The van der Waals surface area contributed by atoms with Crippen molar-refractivity contribution in [2.24, 2.45) is 10.7 Å². The molecule has 3 N–H and O–H groups in total. The summed E-state index contributed by atoms with van der Waals surface area (Å²) < 4.78 is 0. The third-order valence-electron chi connectivity index (χ3n) is 1.38. The molecule has 0 bridgehead atoms. The summed E-state index contributed by atoms with van der Waals surface area (Å²) in [5.74, 6) is 0.261. The molecule has 1 amide bonds. The molecule has 72 valence electrons. The van der Waals surface area contributed by atoms with E-state index in [-0.39, 0.29) is 11.7 Å². The van der Waals surface area contributed by atoms with Gasteiger partial charge in [-0.2, -0.15) is 22.9 Å². The highest BCUT2D eigenvalue weighted by molar-refractivity contribution is 7.80. The summed E-state index contributed by atoms with van der Waals surface area (Å²) in [6.07, 6.45) is 1.92. The Balaban J connectivity index is 4.28. The Bertz CT molecular complexity index is 245. The average molecular weight is 200 g/mol. The van der Waals surface area contributed by atoms with E-state index in [1.54, 1.807) is 13.1 Å². The third-order valence-corrected chi connectivity index (χ3v) is 1.74. The predicted octanol–water partition coefficient (Wildman–Crippen LogP) is -0.351. The molecular weight excluding hydrogens is 188 g/mol. The summed E-state index contributed by atoms with van der Waals surface area (Å²) in [5.41, 5.74) is 5.41. The van der Waals surface area contributed by atoms with Crippen LogP contribution in [0.2, 0.25) is 0 Å². The molecule has 0 saturated carbocycles. The monoisotopic (exact) mass is 200 g/mol. The molecule has 0 rings (SSSR count). The molecule has 0 aromatic rings. The maximum Gasteiger partial charge on any atom is 0.220 e. The van der Waals surface area contributed by atoms with Gasteiger partial charge in [0.15, 0.2) is 0 Å². The number of nitrogens with one attached hydrogen (secondary N) is 1. The molecule has 0 spiro atoms. The zero-order valence-electron chi connectivity index (χ0n) is 7.32. The fourth-order valence-corrected chi connectivity index (χ4v) is 0.924. The van der Waals surface area contributed by atoms with Gasteiger partial charge in [-0.1, -0.05) is 6.92 Å². The molecule has 0 fully saturated rings. The topological polar surface area (TPSA) is 91.3 Å². The van der Waals surface area contributed by atoms with Gasteiger partial charge in [0.05, 0.1) is 6.04 Å². The van der Waals surface area contributed by atoms with Gasteiger partial charge in [0.2, 0.25) is 12.1 Å². The fraction of sp³-hybridized carbons (Fsp3) is 0.571. The second-order valence-corrected chi connectivity index (χ2v) is 2.66. The minimum Gasteiger partial charge on any atom is -0.385 e. The second-order valence-electron chi connectivity index (χ2n) is 2.29. The highest BCUT2D eigenvalue weighted by Crippen LogP contribution is 1.90. The number of hydrogen-bond acceptors (Lipinski definition) is 4. The maximum atomic E-state index is 11.0. The van der Waals surface area contributed by atoms with Crippen LogP contribution < -0.4 is 11.1 Å². The Morgan fingerprint density at radius 1 is 1.85 bits per heavy atom. The van der Waals surface area contributed by atoms with Crippen LogP contribution in [0.3, 0.4) is 0 Å². The predicted molar refractivity (Wildman–Crippen MR) is 53.3 cm³/mol. The number of amidine groups is 1. The fourth-order valence-electron chi connectivity index (χ4n) is 0.645.